The van der Waals surface area contributed by atoms with E-state index >= 15 is 0 Å². The van der Waals surface area contributed by atoms with Crippen molar-refractivity contribution in [3.05, 3.63) is 53.0 Å². The van der Waals surface area contributed by atoms with Gasteiger partial charge in [0.25, 0.3) is 5.01 Å². The number of aryl methyl sites for hydroxylation is 1. The second-order valence-electron chi connectivity index (χ2n) is 9.47. The molecule has 0 radical (unpaired) electrons. The summed E-state index contributed by atoms with van der Waals surface area (Å²) in [5.41, 5.74) is 2.13. The summed E-state index contributed by atoms with van der Waals surface area (Å²) in [7, 11) is -4.94. The van der Waals surface area contributed by atoms with Gasteiger partial charge in [-0.1, -0.05) is 29.5 Å². The van der Waals surface area contributed by atoms with Gasteiger partial charge in [-0.05, 0) is 36.3 Å². The number of unbranched alkanes of at least 4 members (excludes halogenated alkanes) is 1. The molecule has 15 heteroatoms. The van der Waals surface area contributed by atoms with Crippen molar-refractivity contribution in [3.8, 4) is 11.5 Å². The fourth-order valence-electron chi connectivity index (χ4n) is 4.16. The van der Waals surface area contributed by atoms with Crippen LogP contribution >= 0.6 is 11.3 Å². The number of aliphatic carboxylic acids is 1. The molecule has 45 heavy (non-hydrogen) atoms. The molecular formula is C30H38ClNO12S. The summed E-state index contributed by atoms with van der Waals surface area (Å²) in [5, 5.41) is 10.1. The minimum atomic E-state index is -4.94. The fourth-order valence-corrected chi connectivity index (χ4v) is 5.26. The number of carboxylic acids is 1. The number of aromatic nitrogens is 1. The standard InChI is InChI=1S/C30H37NO8S.ClHO4/c32-30(33)7-3-4-12-31-25-5-1-2-6-28(25)40-29(31)11-9-24-8-10-26-27(23-24)39-22-20-37-18-16-35-14-13-34-15-17-36-19-21-38-26;2-1(3,4)5/h1-2,5-6,8-11,23H,3-4,7,12-22H2;(H,2,3,4,5)/b11-9+;. The van der Waals surface area contributed by atoms with Crippen LogP contribution in [0, 0.1) is 10.2 Å². The number of carboxylic acid groups (broad SMARTS) is 1. The molecule has 0 bridgehead atoms. The van der Waals surface area contributed by atoms with Crippen LogP contribution in [0.25, 0.3) is 22.4 Å². The Balaban J connectivity index is 0.00000102. The predicted molar refractivity (Wildman–Crippen MR) is 153 cm³/mol. The van der Waals surface area contributed by atoms with Crippen LogP contribution < -0.4 is 32.7 Å². The van der Waals surface area contributed by atoms with Crippen molar-refractivity contribution < 1.29 is 71.8 Å². The van der Waals surface area contributed by atoms with Crippen molar-refractivity contribution in [1.82, 2.24) is 0 Å². The van der Waals surface area contributed by atoms with Crippen LogP contribution in [0.4, 0.5) is 0 Å². The third-order valence-corrected chi connectivity index (χ3v) is 7.26. The smallest absolute Gasteiger partial charge is 0.303 e. The molecule has 0 amide bonds. The third-order valence-electron chi connectivity index (χ3n) is 6.13. The van der Waals surface area contributed by atoms with Gasteiger partial charge in [0.15, 0.2) is 18.0 Å². The summed E-state index contributed by atoms with van der Waals surface area (Å²) in [4.78, 5) is 10.9. The fraction of sp³-hybridized carbons (Fsp3) is 0.467. The molecule has 0 spiro atoms. The van der Waals surface area contributed by atoms with Gasteiger partial charge in [-0.3, -0.25) is 4.79 Å². The SMILES string of the molecule is O=C(O)CCCC[n+]1c(/C=C/c2ccc3c(c2)OCCOCCOCCOCCOCCO3)sc2ccccc21.[O-][Cl+3]([O-])([O-])[O-]. The normalized spacial score (nSPS) is 16.0. The molecule has 13 nitrogen and oxygen atoms in total. The van der Waals surface area contributed by atoms with E-state index in [-0.39, 0.29) is 6.42 Å². The number of benzene rings is 2. The number of fused-ring (bicyclic) bond motifs is 2. The number of hydrogen-bond donors (Lipinski definition) is 1. The Morgan fingerprint density at radius 3 is 1.93 bits per heavy atom. The highest BCUT2D eigenvalue weighted by Crippen LogP contribution is 2.30. The summed E-state index contributed by atoms with van der Waals surface area (Å²) < 4.78 is 71.6. The van der Waals surface area contributed by atoms with Crippen LogP contribution in [0.15, 0.2) is 42.5 Å². The molecular weight excluding hydrogens is 634 g/mol. The maximum absolute atomic E-state index is 10.9. The van der Waals surface area contributed by atoms with Crippen molar-refractivity contribution in [1.29, 1.82) is 0 Å². The molecule has 0 aliphatic carbocycles. The van der Waals surface area contributed by atoms with E-state index in [9.17, 15) is 4.79 Å². The zero-order valence-electron chi connectivity index (χ0n) is 24.8. The molecule has 1 N–H and O–H groups in total. The molecule has 0 atom stereocenters. The zero-order valence-corrected chi connectivity index (χ0v) is 26.3. The first kappa shape index (κ1) is 36.6. The number of nitrogens with zero attached hydrogens (tertiary/aromatic N) is 1. The highest BCUT2D eigenvalue weighted by molar-refractivity contribution is 7.18. The quantitative estimate of drug-likeness (QED) is 0.255. The number of carbonyl (C=O) groups is 1. The maximum atomic E-state index is 10.9. The molecule has 248 valence electrons. The van der Waals surface area contributed by atoms with Crippen molar-refractivity contribution in [3.63, 3.8) is 0 Å². The maximum Gasteiger partial charge on any atom is 0.303 e. The van der Waals surface area contributed by atoms with Gasteiger partial charge < -0.3 is 33.5 Å². The minimum Gasteiger partial charge on any atom is -0.487 e. The molecule has 1 aliphatic heterocycles. The Bertz CT molecular complexity index is 1320. The van der Waals surface area contributed by atoms with Crippen LogP contribution in [-0.2, 0) is 30.3 Å². The largest absolute Gasteiger partial charge is 0.487 e. The summed E-state index contributed by atoms with van der Waals surface area (Å²) in [6.45, 7) is 5.49. The number of thiazole rings is 1. The molecule has 1 aromatic heterocycles. The first-order chi connectivity index (χ1) is 21.7. The van der Waals surface area contributed by atoms with Crippen molar-refractivity contribution in [2.45, 2.75) is 25.8 Å². The number of hydrogen-bond acceptors (Lipinski definition) is 12. The van der Waals surface area contributed by atoms with Gasteiger partial charge >= 0.3 is 5.97 Å². The van der Waals surface area contributed by atoms with Crippen LogP contribution in [0.1, 0.15) is 29.8 Å². The van der Waals surface area contributed by atoms with Gasteiger partial charge in [-0.25, -0.2) is 18.6 Å². The lowest BCUT2D eigenvalue weighted by atomic mass is 10.2. The third kappa shape index (κ3) is 15.3. The molecule has 3 aromatic rings. The molecule has 0 fully saturated rings. The summed E-state index contributed by atoms with van der Waals surface area (Å²) in [5.74, 6) is 0.537. The van der Waals surface area contributed by atoms with E-state index in [1.54, 1.807) is 11.3 Å². The molecule has 4 rings (SSSR count). The Kier molecular flexibility index (Phi) is 16.5. The number of para-hydroxylation sites is 1. The lowest BCUT2D eigenvalue weighted by Gasteiger charge is -2.17. The van der Waals surface area contributed by atoms with E-state index in [1.165, 1.54) is 4.70 Å². The molecule has 0 saturated heterocycles. The molecule has 1 aliphatic rings. The van der Waals surface area contributed by atoms with Crippen LogP contribution in [0.2, 0.25) is 0 Å². The van der Waals surface area contributed by atoms with E-state index in [1.807, 2.05) is 30.3 Å². The van der Waals surface area contributed by atoms with Crippen LogP contribution in [0.5, 0.6) is 11.5 Å². The summed E-state index contributed by atoms with van der Waals surface area (Å²) in [6.07, 6.45) is 5.79. The first-order valence-corrected chi connectivity index (χ1v) is 16.4. The highest BCUT2D eigenvalue weighted by Gasteiger charge is 2.18. The van der Waals surface area contributed by atoms with Gasteiger partial charge in [0.05, 0.1) is 52.9 Å². The Morgan fingerprint density at radius 1 is 0.778 bits per heavy atom. The monoisotopic (exact) mass is 671 g/mol. The molecule has 0 unspecified atom stereocenters. The zero-order chi connectivity index (χ0) is 32.3. The topological polar surface area (TPSA) is 189 Å². The van der Waals surface area contributed by atoms with Crippen LogP contribution in [-0.4, -0.2) is 77.1 Å². The predicted octanol–water partition coefficient (Wildman–Crippen LogP) is -0.304. The van der Waals surface area contributed by atoms with Crippen molar-refractivity contribution in [2.24, 2.45) is 0 Å². The van der Waals surface area contributed by atoms with Gasteiger partial charge in [0, 0.05) is 25.0 Å². The second kappa shape index (κ2) is 20.3. The summed E-state index contributed by atoms with van der Waals surface area (Å²) in [6, 6.07) is 14.2. The van der Waals surface area contributed by atoms with Gasteiger partial charge in [-0.15, -0.1) is 10.2 Å². The molecule has 2 heterocycles. The number of ether oxygens (including phenoxy) is 6. The van der Waals surface area contributed by atoms with Crippen molar-refractivity contribution >= 4 is 39.7 Å². The van der Waals surface area contributed by atoms with E-state index < -0.39 is 16.2 Å². The Hall–Kier alpha value is -2.89. The van der Waals surface area contributed by atoms with E-state index in [0.717, 1.165) is 29.1 Å². The second-order valence-corrected chi connectivity index (χ2v) is 11.3. The van der Waals surface area contributed by atoms with Gasteiger partial charge in [0.1, 0.15) is 17.9 Å². The van der Waals surface area contributed by atoms with Crippen LogP contribution in [0.3, 0.4) is 0 Å². The minimum absolute atomic E-state index is 0.185. The Labute approximate surface area is 267 Å². The van der Waals surface area contributed by atoms with E-state index in [2.05, 4.69) is 28.9 Å². The average Bonchev–Trinajstić information content (AvgIpc) is 3.34. The van der Waals surface area contributed by atoms with E-state index in [4.69, 9.17) is 52.2 Å². The first-order valence-electron chi connectivity index (χ1n) is 14.3. The number of rotatable bonds is 7. The lowest BCUT2D eigenvalue weighted by Crippen LogP contribution is -2.68. The lowest BCUT2D eigenvalue weighted by molar-refractivity contribution is -2.00. The highest BCUT2D eigenvalue weighted by atomic mass is 35.7. The number of halogens is 1. The average molecular weight is 672 g/mol. The van der Waals surface area contributed by atoms with Gasteiger partial charge in [0.2, 0.25) is 5.52 Å². The van der Waals surface area contributed by atoms with E-state index in [0.29, 0.717) is 84.0 Å². The molecule has 2 aromatic carbocycles. The van der Waals surface area contributed by atoms with Crippen molar-refractivity contribution in [2.75, 3.05) is 66.1 Å². The summed E-state index contributed by atoms with van der Waals surface area (Å²) >= 11 is 1.72. The molecule has 0 saturated carbocycles. The van der Waals surface area contributed by atoms with Gasteiger partial charge in [-0.2, -0.15) is 4.57 Å². The Morgan fingerprint density at radius 2 is 1.33 bits per heavy atom.